The molecule has 1 unspecified atom stereocenters. The molecule has 0 bridgehead atoms. The Kier molecular flexibility index (Phi) is 3.47. The fourth-order valence-corrected chi connectivity index (χ4v) is 1.07. The van der Waals surface area contributed by atoms with E-state index in [9.17, 15) is 4.39 Å². The number of anilines is 1. The Labute approximate surface area is 83.4 Å². The maximum absolute atomic E-state index is 13.3. The summed E-state index contributed by atoms with van der Waals surface area (Å²) in [5.74, 6) is -0.371. The summed E-state index contributed by atoms with van der Waals surface area (Å²) in [7, 11) is 0. The predicted octanol–water partition coefficient (Wildman–Crippen LogP) is 2.91. The van der Waals surface area contributed by atoms with Gasteiger partial charge < -0.3 is 5.32 Å². The third kappa shape index (κ3) is 2.46. The molecule has 0 aliphatic heterocycles. The highest BCUT2D eigenvalue weighted by atomic mass is 19.1. The first-order valence-electron chi connectivity index (χ1n) is 4.63. The molecule has 1 rings (SSSR count). The van der Waals surface area contributed by atoms with Gasteiger partial charge in [0, 0.05) is 6.04 Å². The van der Waals surface area contributed by atoms with Crippen LogP contribution in [0.4, 0.5) is 10.1 Å². The highest BCUT2D eigenvalue weighted by Gasteiger charge is 2.05. The number of nitrogens with zero attached hydrogens (tertiary/aromatic N) is 1. The van der Waals surface area contributed by atoms with E-state index in [-0.39, 0.29) is 11.9 Å². The second kappa shape index (κ2) is 4.61. The Morgan fingerprint density at radius 2 is 2.29 bits per heavy atom. The molecule has 0 aliphatic carbocycles. The normalized spacial score (nSPS) is 11.9. The van der Waals surface area contributed by atoms with E-state index in [2.05, 4.69) is 5.32 Å². The van der Waals surface area contributed by atoms with Gasteiger partial charge in [-0.25, -0.2) is 4.39 Å². The van der Waals surface area contributed by atoms with Crippen LogP contribution in [0.2, 0.25) is 0 Å². The van der Waals surface area contributed by atoms with Gasteiger partial charge in [0.25, 0.3) is 0 Å². The summed E-state index contributed by atoms with van der Waals surface area (Å²) in [6.07, 6.45) is 0.930. The molecule has 0 aliphatic rings. The molecule has 0 radical (unpaired) electrons. The SMILES string of the molecule is CCC(C)Nc1ccc(C#N)cc1F. The largest absolute Gasteiger partial charge is 0.380 e. The van der Waals surface area contributed by atoms with Crippen molar-refractivity contribution in [2.24, 2.45) is 0 Å². The lowest BCUT2D eigenvalue weighted by molar-refractivity contribution is 0.624. The van der Waals surface area contributed by atoms with E-state index >= 15 is 0 Å². The summed E-state index contributed by atoms with van der Waals surface area (Å²) in [6, 6.07) is 6.57. The van der Waals surface area contributed by atoms with Crippen LogP contribution in [0.15, 0.2) is 18.2 Å². The monoisotopic (exact) mass is 192 g/mol. The summed E-state index contributed by atoms with van der Waals surface area (Å²) in [5.41, 5.74) is 0.801. The van der Waals surface area contributed by atoms with Gasteiger partial charge in [-0.2, -0.15) is 5.26 Å². The highest BCUT2D eigenvalue weighted by Crippen LogP contribution is 2.16. The van der Waals surface area contributed by atoms with Crippen molar-refractivity contribution in [1.82, 2.24) is 0 Å². The maximum Gasteiger partial charge on any atom is 0.147 e. The van der Waals surface area contributed by atoms with Gasteiger partial charge in [0.15, 0.2) is 0 Å². The molecule has 3 heteroatoms. The van der Waals surface area contributed by atoms with E-state index < -0.39 is 0 Å². The summed E-state index contributed by atoms with van der Waals surface area (Å²) in [5, 5.41) is 11.6. The van der Waals surface area contributed by atoms with Crippen molar-refractivity contribution in [2.45, 2.75) is 26.3 Å². The molecular formula is C11H13FN2. The second-order valence-electron chi connectivity index (χ2n) is 3.26. The highest BCUT2D eigenvalue weighted by molar-refractivity contribution is 5.49. The molecule has 0 spiro atoms. The van der Waals surface area contributed by atoms with Crippen molar-refractivity contribution < 1.29 is 4.39 Å². The number of hydrogen-bond acceptors (Lipinski definition) is 2. The van der Waals surface area contributed by atoms with E-state index in [0.29, 0.717) is 11.3 Å². The molecule has 0 aromatic heterocycles. The summed E-state index contributed by atoms with van der Waals surface area (Å²) >= 11 is 0. The minimum Gasteiger partial charge on any atom is -0.380 e. The number of benzene rings is 1. The van der Waals surface area contributed by atoms with E-state index in [1.807, 2.05) is 19.9 Å². The van der Waals surface area contributed by atoms with Gasteiger partial charge >= 0.3 is 0 Å². The zero-order valence-electron chi connectivity index (χ0n) is 8.34. The topological polar surface area (TPSA) is 35.8 Å². The Bertz CT molecular complexity index is 355. The van der Waals surface area contributed by atoms with Gasteiger partial charge in [0.1, 0.15) is 5.82 Å². The van der Waals surface area contributed by atoms with Crippen molar-refractivity contribution in [3.05, 3.63) is 29.6 Å². The predicted molar refractivity (Wildman–Crippen MR) is 54.5 cm³/mol. The van der Waals surface area contributed by atoms with Crippen molar-refractivity contribution in [3.8, 4) is 6.07 Å². The minimum atomic E-state index is -0.371. The molecule has 0 fully saturated rings. The summed E-state index contributed by atoms with van der Waals surface area (Å²) < 4.78 is 13.3. The lowest BCUT2D eigenvalue weighted by Crippen LogP contribution is -2.14. The quantitative estimate of drug-likeness (QED) is 0.799. The molecule has 1 aromatic carbocycles. The minimum absolute atomic E-state index is 0.234. The van der Waals surface area contributed by atoms with Gasteiger partial charge in [-0.05, 0) is 31.5 Å². The van der Waals surface area contributed by atoms with E-state index in [1.165, 1.54) is 6.07 Å². The molecule has 0 heterocycles. The third-order valence-corrected chi connectivity index (χ3v) is 2.11. The fourth-order valence-electron chi connectivity index (χ4n) is 1.07. The average Bonchev–Trinajstić information content (AvgIpc) is 2.20. The number of hydrogen-bond donors (Lipinski definition) is 1. The van der Waals surface area contributed by atoms with E-state index in [1.54, 1.807) is 12.1 Å². The van der Waals surface area contributed by atoms with Gasteiger partial charge in [0.05, 0.1) is 17.3 Å². The molecule has 74 valence electrons. The van der Waals surface area contributed by atoms with Crippen molar-refractivity contribution >= 4 is 5.69 Å². The standard InChI is InChI=1S/C11H13FN2/c1-3-8(2)14-11-5-4-9(7-13)6-10(11)12/h4-6,8,14H,3H2,1-2H3. The fraction of sp³-hybridized carbons (Fsp3) is 0.364. The Balaban J connectivity index is 2.85. The summed E-state index contributed by atoms with van der Waals surface area (Å²) in [4.78, 5) is 0. The summed E-state index contributed by atoms with van der Waals surface area (Å²) in [6.45, 7) is 4.01. The van der Waals surface area contributed by atoms with Crippen molar-refractivity contribution in [1.29, 1.82) is 5.26 Å². The number of nitrogens with one attached hydrogen (secondary N) is 1. The zero-order valence-corrected chi connectivity index (χ0v) is 8.34. The van der Waals surface area contributed by atoms with Crippen LogP contribution in [0.3, 0.4) is 0 Å². The molecule has 0 amide bonds. The van der Waals surface area contributed by atoms with Crippen LogP contribution in [0.25, 0.3) is 0 Å². The molecule has 0 saturated heterocycles. The van der Waals surface area contributed by atoms with Gasteiger partial charge in [-0.1, -0.05) is 6.92 Å². The number of rotatable bonds is 3. The first-order valence-corrected chi connectivity index (χ1v) is 4.63. The molecule has 14 heavy (non-hydrogen) atoms. The van der Waals surface area contributed by atoms with Gasteiger partial charge in [-0.3, -0.25) is 0 Å². The smallest absolute Gasteiger partial charge is 0.147 e. The number of nitriles is 1. The van der Waals surface area contributed by atoms with Crippen LogP contribution in [0.5, 0.6) is 0 Å². The van der Waals surface area contributed by atoms with Crippen LogP contribution in [-0.4, -0.2) is 6.04 Å². The van der Waals surface area contributed by atoms with E-state index in [4.69, 9.17) is 5.26 Å². The molecular weight excluding hydrogens is 179 g/mol. The molecule has 0 saturated carbocycles. The lowest BCUT2D eigenvalue weighted by Gasteiger charge is -2.13. The Hall–Kier alpha value is -1.56. The molecule has 1 aromatic rings. The average molecular weight is 192 g/mol. The second-order valence-corrected chi connectivity index (χ2v) is 3.26. The Morgan fingerprint density at radius 1 is 1.57 bits per heavy atom. The molecule has 2 nitrogen and oxygen atoms in total. The molecule has 1 atom stereocenters. The zero-order chi connectivity index (χ0) is 10.6. The van der Waals surface area contributed by atoms with Crippen LogP contribution < -0.4 is 5.32 Å². The third-order valence-electron chi connectivity index (χ3n) is 2.11. The van der Waals surface area contributed by atoms with Gasteiger partial charge in [-0.15, -0.1) is 0 Å². The first-order chi connectivity index (χ1) is 6.67. The lowest BCUT2D eigenvalue weighted by atomic mass is 10.2. The van der Waals surface area contributed by atoms with Crippen LogP contribution in [-0.2, 0) is 0 Å². The first kappa shape index (κ1) is 10.5. The van der Waals surface area contributed by atoms with Crippen LogP contribution >= 0.6 is 0 Å². The number of halogens is 1. The van der Waals surface area contributed by atoms with Crippen LogP contribution in [0.1, 0.15) is 25.8 Å². The maximum atomic E-state index is 13.3. The van der Waals surface area contributed by atoms with Crippen molar-refractivity contribution in [2.75, 3.05) is 5.32 Å². The van der Waals surface area contributed by atoms with Crippen molar-refractivity contribution in [3.63, 3.8) is 0 Å². The van der Waals surface area contributed by atoms with Crippen LogP contribution in [0, 0.1) is 17.1 Å². The molecule has 1 N–H and O–H groups in total. The van der Waals surface area contributed by atoms with Gasteiger partial charge in [0.2, 0.25) is 0 Å². The van der Waals surface area contributed by atoms with E-state index in [0.717, 1.165) is 6.42 Å². The Morgan fingerprint density at radius 3 is 2.79 bits per heavy atom.